The van der Waals surface area contributed by atoms with E-state index < -0.39 is 0 Å². The van der Waals surface area contributed by atoms with Crippen molar-refractivity contribution in [1.29, 1.82) is 0 Å². The Morgan fingerprint density at radius 3 is 2.50 bits per heavy atom. The van der Waals surface area contributed by atoms with Crippen molar-refractivity contribution in [3.63, 3.8) is 0 Å². The van der Waals surface area contributed by atoms with Gasteiger partial charge in [0.2, 0.25) is 0 Å². The molecule has 0 bridgehead atoms. The zero-order valence-electron chi connectivity index (χ0n) is 18.0. The molecule has 0 aliphatic rings. The molecular weight excluding hydrogens is 366 g/mol. The Hall–Kier alpha value is -3.26. The predicted molar refractivity (Wildman–Crippen MR) is 129 cm³/mol. The summed E-state index contributed by atoms with van der Waals surface area (Å²) >= 11 is 0. The molecule has 0 fully saturated rings. The van der Waals surface area contributed by atoms with Gasteiger partial charge in [-0.3, -0.25) is 0 Å². The SMILES string of the molecule is C=Cc1c(CC)n2c3ccccc3c3c4oc5ccc(C(C)(C)C)cc5c4cc1c32. The number of rotatable bonds is 2. The van der Waals surface area contributed by atoms with Gasteiger partial charge >= 0.3 is 0 Å². The van der Waals surface area contributed by atoms with Crippen molar-refractivity contribution in [3.05, 3.63) is 71.9 Å². The number of hydrogen-bond acceptors (Lipinski definition) is 1. The van der Waals surface area contributed by atoms with Crippen molar-refractivity contribution in [2.75, 3.05) is 0 Å². The molecular formula is C28H25NO. The van der Waals surface area contributed by atoms with Crippen molar-refractivity contribution >= 4 is 55.2 Å². The van der Waals surface area contributed by atoms with Crippen LogP contribution in [0.1, 0.15) is 44.5 Å². The van der Waals surface area contributed by atoms with Gasteiger partial charge in [-0.15, -0.1) is 0 Å². The summed E-state index contributed by atoms with van der Waals surface area (Å²) in [5, 5.41) is 6.13. The molecule has 0 N–H and O–H groups in total. The van der Waals surface area contributed by atoms with Crippen molar-refractivity contribution in [1.82, 2.24) is 4.40 Å². The van der Waals surface area contributed by atoms with Crippen LogP contribution >= 0.6 is 0 Å². The molecule has 0 unspecified atom stereocenters. The zero-order valence-corrected chi connectivity index (χ0v) is 18.0. The van der Waals surface area contributed by atoms with Gasteiger partial charge in [-0.25, -0.2) is 0 Å². The van der Waals surface area contributed by atoms with E-state index in [4.69, 9.17) is 4.42 Å². The lowest BCUT2D eigenvalue weighted by Crippen LogP contribution is -2.10. The van der Waals surface area contributed by atoms with E-state index in [0.717, 1.165) is 17.6 Å². The first kappa shape index (κ1) is 17.6. The third-order valence-electron chi connectivity index (χ3n) is 6.65. The Morgan fingerprint density at radius 2 is 1.77 bits per heavy atom. The second-order valence-electron chi connectivity index (χ2n) is 9.36. The number of furan rings is 1. The summed E-state index contributed by atoms with van der Waals surface area (Å²) in [7, 11) is 0. The van der Waals surface area contributed by atoms with Crippen LogP contribution in [0, 0.1) is 0 Å². The first-order chi connectivity index (χ1) is 14.4. The number of fused-ring (bicyclic) bond motifs is 7. The standard InChI is InChI=1S/C28H25NO/c1-6-17-20-15-21-19-14-16(28(3,4)5)12-13-24(19)30-27(21)25-18-10-8-9-11-23(18)29(26(20)25)22(17)7-2/h6,8-15H,1,7H2,2-5H3. The summed E-state index contributed by atoms with van der Waals surface area (Å²) in [6.45, 7) is 13.1. The molecule has 0 amide bonds. The molecule has 0 saturated carbocycles. The topological polar surface area (TPSA) is 17.6 Å². The predicted octanol–water partition coefficient (Wildman–Crippen LogP) is 8.09. The number of nitrogens with zero attached hydrogens (tertiary/aromatic N) is 1. The highest BCUT2D eigenvalue weighted by Crippen LogP contribution is 2.45. The molecule has 0 radical (unpaired) electrons. The lowest BCUT2D eigenvalue weighted by molar-refractivity contribution is 0.590. The molecule has 2 nitrogen and oxygen atoms in total. The largest absolute Gasteiger partial charge is 0.455 e. The van der Waals surface area contributed by atoms with Crippen LogP contribution in [-0.2, 0) is 11.8 Å². The molecule has 0 aliphatic carbocycles. The molecule has 2 heteroatoms. The average Bonchev–Trinajstić information content (AvgIpc) is 3.36. The Balaban J connectivity index is 1.92. The highest BCUT2D eigenvalue weighted by molar-refractivity contribution is 6.29. The van der Waals surface area contributed by atoms with Gasteiger partial charge in [-0.05, 0) is 41.7 Å². The van der Waals surface area contributed by atoms with Gasteiger partial charge in [0, 0.05) is 32.8 Å². The number of para-hydroxylation sites is 1. The van der Waals surface area contributed by atoms with E-state index in [1.807, 2.05) is 6.08 Å². The maximum atomic E-state index is 6.52. The van der Waals surface area contributed by atoms with E-state index in [1.54, 1.807) is 0 Å². The van der Waals surface area contributed by atoms with Crippen LogP contribution in [0.3, 0.4) is 0 Å². The molecule has 3 aromatic carbocycles. The van der Waals surface area contributed by atoms with Gasteiger partial charge in [-0.2, -0.15) is 0 Å². The van der Waals surface area contributed by atoms with Crippen LogP contribution in [-0.4, -0.2) is 4.40 Å². The second kappa shape index (κ2) is 5.66. The molecule has 0 spiro atoms. The minimum atomic E-state index is 0.0935. The second-order valence-corrected chi connectivity index (χ2v) is 9.36. The third kappa shape index (κ3) is 2.04. The van der Waals surface area contributed by atoms with Crippen LogP contribution in [0.15, 0.2) is 59.5 Å². The monoisotopic (exact) mass is 391 g/mol. The minimum absolute atomic E-state index is 0.0935. The maximum absolute atomic E-state index is 6.52. The Labute approximate surface area is 175 Å². The van der Waals surface area contributed by atoms with E-state index in [9.17, 15) is 0 Å². The fourth-order valence-corrected chi connectivity index (χ4v) is 5.19. The Kier molecular flexibility index (Phi) is 3.32. The van der Waals surface area contributed by atoms with Crippen molar-refractivity contribution in [2.24, 2.45) is 0 Å². The molecule has 30 heavy (non-hydrogen) atoms. The van der Waals surface area contributed by atoms with Crippen molar-refractivity contribution in [2.45, 2.75) is 39.5 Å². The molecule has 6 rings (SSSR count). The average molecular weight is 392 g/mol. The summed E-state index contributed by atoms with van der Waals surface area (Å²) in [5.41, 5.74) is 8.42. The molecule has 3 aromatic heterocycles. The van der Waals surface area contributed by atoms with Crippen molar-refractivity contribution < 1.29 is 4.42 Å². The van der Waals surface area contributed by atoms with Gasteiger partial charge in [-0.1, -0.05) is 64.6 Å². The van der Waals surface area contributed by atoms with Crippen LogP contribution in [0.4, 0.5) is 0 Å². The van der Waals surface area contributed by atoms with Gasteiger partial charge in [0.1, 0.15) is 11.2 Å². The Morgan fingerprint density at radius 1 is 0.967 bits per heavy atom. The van der Waals surface area contributed by atoms with Crippen LogP contribution in [0.5, 0.6) is 0 Å². The quantitative estimate of drug-likeness (QED) is 0.291. The smallest absolute Gasteiger partial charge is 0.145 e. The minimum Gasteiger partial charge on any atom is -0.455 e. The van der Waals surface area contributed by atoms with E-state index in [1.165, 1.54) is 54.8 Å². The fraction of sp³-hybridized carbons (Fsp3) is 0.214. The van der Waals surface area contributed by atoms with Gasteiger partial charge in [0.25, 0.3) is 0 Å². The summed E-state index contributed by atoms with van der Waals surface area (Å²) in [5.74, 6) is 0. The number of aromatic nitrogens is 1. The van der Waals surface area contributed by atoms with Crippen LogP contribution < -0.4 is 0 Å². The molecule has 3 heterocycles. The van der Waals surface area contributed by atoms with Gasteiger partial charge in [0.15, 0.2) is 0 Å². The van der Waals surface area contributed by atoms with Gasteiger partial charge < -0.3 is 8.82 Å². The molecule has 6 aromatic rings. The van der Waals surface area contributed by atoms with Crippen molar-refractivity contribution in [3.8, 4) is 0 Å². The van der Waals surface area contributed by atoms with E-state index >= 15 is 0 Å². The molecule has 148 valence electrons. The lowest BCUT2D eigenvalue weighted by atomic mass is 9.86. The number of aryl methyl sites for hydroxylation is 1. The first-order valence-electron chi connectivity index (χ1n) is 10.7. The van der Waals surface area contributed by atoms with E-state index in [2.05, 4.69) is 87.2 Å². The zero-order chi connectivity index (χ0) is 20.8. The number of benzene rings is 3. The normalized spacial score (nSPS) is 12.9. The third-order valence-corrected chi connectivity index (χ3v) is 6.65. The van der Waals surface area contributed by atoms with Gasteiger partial charge in [0.05, 0.1) is 16.4 Å². The highest BCUT2D eigenvalue weighted by atomic mass is 16.3. The fourth-order valence-electron chi connectivity index (χ4n) is 5.19. The number of hydrogen-bond donors (Lipinski definition) is 0. The molecule has 0 saturated heterocycles. The maximum Gasteiger partial charge on any atom is 0.145 e. The lowest BCUT2D eigenvalue weighted by Gasteiger charge is -2.18. The highest BCUT2D eigenvalue weighted by Gasteiger charge is 2.24. The van der Waals surface area contributed by atoms with E-state index in [0.29, 0.717) is 0 Å². The molecule has 0 atom stereocenters. The van der Waals surface area contributed by atoms with Crippen LogP contribution in [0.2, 0.25) is 0 Å². The summed E-state index contributed by atoms with van der Waals surface area (Å²) < 4.78 is 8.94. The summed E-state index contributed by atoms with van der Waals surface area (Å²) in [6.07, 6.45) is 2.98. The summed E-state index contributed by atoms with van der Waals surface area (Å²) in [6, 6.07) is 17.6. The molecule has 0 aliphatic heterocycles. The van der Waals surface area contributed by atoms with E-state index in [-0.39, 0.29) is 5.41 Å². The Bertz CT molecular complexity index is 1620. The first-order valence-corrected chi connectivity index (χ1v) is 10.7. The van der Waals surface area contributed by atoms with Crippen LogP contribution in [0.25, 0.3) is 55.2 Å². The summed E-state index contributed by atoms with van der Waals surface area (Å²) in [4.78, 5) is 0.